The van der Waals surface area contributed by atoms with Crippen molar-refractivity contribution in [3.05, 3.63) is 0 Å². The highest BCUT2D eigenvalue weighted by Gasteiger charge is 2.39. The molecule has 2 aliphatic heterocycles. The third-order valence-corrected chi connectivity index (χ3v) is 5.24. The van der Waals surface area contributed by atoms with Crippen LogP contribution in [-0.2, 0) is 9.47 Å². The van der Waals surface area contributed by atoms with Crippen molar-refractivity contribution in [1.82, 2.24) is 5.32 Å². The molecule has 1 atom stereocenters. The third kappa shape index (κ3) is 4.56. The van der Waals surface area contributed by atoms with Gasteiger partial charge in [-0.2, -0.15) is 11.8 Å². The van der Waals surface area contributed by atoms with Gasteiger partial charge in [-0.3, -0.25) is 0 Å². The minimum absolute atomic E-state index is 0.245. The lowest BCUT2D eigenvalue weighted by molar-refractivity contribution is 0.0470. The topological polar surface area (TPSA) is 47.6 Å². The van der Waals surface area contributed by atoms with E-state index in [1.165, 1.54) is 0 Å². The van der Waals surface area contributed by atoms with Crippen LogP contribution in [-0.4, -0.2) is 41.4 Å². The summed E-state index contributed by atoms with van der Waals surface area (Å²) in [6.07, 6.45) is 3.99. The Labute approximate surface area is 120 Å². The first kappa shape index (κ1) is 15.0. The molecule has 2 heterocycles. The molecule has 4 nitrogen and oxygen atoms in total. The summed E-state index contributed by atoms with van der Waals surface area (Å²) in [7, 11) is 0. The SMILES string of the molecule is CC(C)(C)OC(=O)NC1CCSC2(CCOCC2)C1. The van der Waals surface area contributed by atoms with Crippen molar-refractivity contribution in [3.8, 4) is 0 Å². The number of hydrogen-bond donors (Lipinski definition) is 1. The first-order valence-electron chi connectivity index (χ1n) is 7.10. The van der Waals surface area contributed by atoms with Gasteiger partial charge in [0.05, 0.1) is 0 Å². The molecule has 2 saturated heterocycles. The number of ether oxygens (including phenoxy) is 2. The highest BCUT2D eigenvalue weighted by Crippen LogP contribution is 2.43. The van der Waals surface area contributed by atoms with Crippen LogP contribution in [0.5, 0.6) is 0 Å². The molecule has 0 saturated carbocycles. The molecule has 0 aromatic rings. The fourth-order valence-corrected chi connectivity index (χ4v) is 4.33. The average molecular weight is 287 g/mol. The lowest BCUT2D eigenvalue weighted by Crippen LogP contribution is -2.48. The van der Waals surface area contributed by atoms with Crippen LogP contribution in [0, 0.1) is 0 Å². The van der Waals surface area contributed by atoms with Gasteiger partial charge in [0, 0.05) is 24.0 Å². The van der Waals surface area contributed by atoms with Crippen molar-refractivity contribution >= 4 is 17.9 Å². The van der Waals surface area contributed by atoms with E-state index in [9.17, 15) is 4.79 Å². The van der Waals surface area contributed by atoms with Gasteiger partial charge in [0.25, 0.3) is 0 Å². The molecule has 1 N–H and O–H groups in total. The third-order valence-electron chi connectivity index (χ3n) is 3.62. The van der Waals surface area contributed by atoms with E-state index in [2.05, 4.69) is 17.1 Å². The normalized spacial score (nSPS) is 27.0. The summed E-state index contributed by atoms with van der Waals surface area (Å²) in [6, 6.07) is 0.245. The maximum atomic E-state index is 11.8. The molecule has 2 aliphatic rings. The van der Waals surface area contributed by atoms with Gasteiger partial charge in [-0.15, -0.1) is 0 Å². The van der Waals surface area contributed by atoms with Crippen molar-refractivity contribution < 1.29 is 14.3 Å². The Morgan fingerprint density at radius 1 is 1.37 bits per heavy atom. The van der Waals surface area contributed by atoms with Gasteiger partial charge >= 0.3 is 6.09 Å². The molecule has 2 fully saturated rings. The predicted molar refractivity (Wildman–Crippen MR) is 77.6 cm³/mol. The van der Waals surface area contributed by atoms with E-state index in [1.54, 1.807) is 0 Å². The van der Waals surface area contributed by atoms with Crippen LogP contribution in [0.3, 0.4) is 0 Å². The van der Waals surface area contributed by atoms with Crippen LogP contribution >= 0.6 is 11.8 Å². The number of amides is 1. The number of thioether (sulfide) groups is 1. The van der Waals surface area contributed by atoms with Gasteiger partial charge in [0.1, 0.15) is 5.60 Å². The van der Waals surface area contributed by atoms with Gasteiger partial charge in [0.15, 0.2) is 0 Å². The first-order chi connectivity index (χ1) is 8.89. The Morgan fingerprint density at radius 3 is 2.68 bits per heavy atom. The number of carbonyl (C=O) groups excluding carboxylic acids is 1. The molecule has 2 rings (SSSR count). The number of alkyl carbamates (subject to hydrolysis) is 1. The lowest BCUT2D eigenvalue weighted by atomic mass is 9.90. The van der Waals surface area contributed by atoms with Gasteiger partial charge in [0.2, 0.25) is 0 Å². The largest absolute Gasteiger partial charge is 0.444 e. The van der Waals surface area contributed by atoms with Gasteiger partial charge in [-0.1, -0.05) is 0 Å². The molecule has 1 unspecified atom stereocenters. The molecule has 19 heavy (non-hydrogen) atoms. The number of hydrogen-bond acceptors (Lipinski definition) is 4. The standard InChI is InChI=1S/C14H25NO3S/c1-13(2,3)18-12(16)15-11-4-9-19-14(10-11)5-7-17-8-6-14/h11H,4-10H2,1-3H3,(H,15,16). The van der Waals surface area contributed by atoms with Crippen LogP contribution < -0.4 is 5.32 Å². The fourth-order valence-electron chi connectivity index (χ4n) is 2.72. The molecule has 0 aliphatic carbocycles. The summed E-state index contributed by atoms with van der Waals surface area (Å²) in [5.74, 6) is 1.11. The summed E-state index contributed by atoms with van der Waals surface area (Å²) in [6.45, 7) is 7.38. The van der Waals surface area contributed by atoms with E-state index in [0.717, 1.165) is 44.6 Å². The maximum Gasteiger partial charge on any atom is 0.407 e. The number of rotatable bonds is 1. The van der Waals surface area contributed by atoms with E-state index in [4.69, 9.17) is 9.47 Å². The van der Waals surface area contributed by atoms with E-state index in [1.807, 2.05) is 20.8 Å². The molecule has 1 amide bonds. The second kappa shape index (κ2) is 5.92. The van der Waals surface area contributed by atoms with Crippen molar-refractivity contribution in [2.75, 3.05) is 19.0 Å². The Morgan fingerprint density at radius 2 is 2.05 bits per heavy atom. The molecule has 0 bridgehead atoms. The highest BCUT2D eigenvalue weighted by molar-refractivity contribution is 8.00. The van der Waals surface area contributed by atoms with Crippen LogP contribution in [0.1, 0.15) is 46.5 Å². The molecule has 1 spiro atoms. The molecule has 0 radical (unpaired) electrons. The fraction of sp³-hybridized carbons (Fsp3) is 0.929. The molecular weight excluding hydrogens is 262 g/mol. The minimum atomic E-state index is -0.427. The monoisotopic (exact) mass is 287 g/mol. The quantitative estimate of drug-likeness (QED) is 0.805. The smallest absolute Gasteiger partial charge is 0.407 e. The van der Waals surface area contributed by atoms with E-state index < -0.39 is 5.60 Å². The average Bonchev–Trinajstić information content (AvgIpc) is 2.27. The van der Waals surface area contributed by atoms with Crippen molar-refractivity contribution in [3.63, 3.8) is 0 Å². The molecule has 0 aromatic carbocycles. The van der Waals surface area contributed by atoms with Crippen molar-refractivity contribution in [1.29, 1.82) is 0 Å². The van der Waals surface area contributed by atoms with E-state index >= 15 is 0 Å². The van der Waals surface area contributed by atoms with Crippen LogP contribution in [0.15, 0.2) is 0 Å². The summed E-state index contributed by atoms with van der Waals surface area (Å²) in [4.78, 5) is 11.8. The van der Waals surface area contributed by atoms with E-state index in [-0.39, 0.29) is 12.1 Å². The number of nitrogens with one attached hydrogen (secondary N) is 1. The Kier molecular flexibility index (Phi) is 4.66. The maximum absolute atomic E-state index is 11.8. The Balaban J connectivity index is 1.85. The van der Waals surface area contributed by atoms with Crippen LogP contribution in [0.2, 0.25) is 0 Å². The zero-order chi connectivity index (χ0) is 13.9. The van der Waals surface area contributed by atoms with Gasteiger partial charge < -0.3 is 14.8 Å². The van der Waals surface area contributed by atoms with Crippen LogP contribution in [0.4, 0.5) is 4.79 Å². The predicted octanol–water partition coefficient (Wildman–Crippen LogP) is 2.96. The summed E-state index contributed by atoms with van der Waals surface area (Å²) in [5, 5.41) is 3.03. The zero-order valence-corrected chi connectivity index (χ0v) is 13.0. The Bertz CT molecular complexity index is 316. The second-order valence-corrected chi connectivity index (χ2v) is 8.04. The van der Waals surface area contributed by atoms with Gasteiger partial charge in [-0.25, -0.2) is 4.79 Å². The van der Waals surface area contributed by atoms with E-state index in [0.29, 0.717) is 4.75 Å². The lowest BCUT2D eigenvalue weighted by Gasteiger charge is -2.43. The zero-order valence-electron chi connectivity index (χ0n) is 12.2. The first-order valence-corrected chi connectivity index (χ1v) is 8.08. The van der Waals surface area contributed by atoms with Crippen LogP contribution in [0.25, 0.3) is 0 Å². The minimum Gasteiger partial charge on any atom is -0.444 e. The summed E-state index contributed by atoms with van der Waals surface area (Å²) >= 11 is 2.06. The summed E-state index contributed by atoms with van der Waals surface area (Å²) < 4.78 is 11.1. The molecule has 5 heteroatoms. The van der Waals surface area contributed by atoms with Crippen molar-refractivity contribution in [2.24, 2.45) is 0 Å². The molecule has 110 valence electrons. The molecular formula is C14H25NO3S. The van der Waals surface area contributed by atoms with Crippen molar-refractivity contribution in [2.45, 2.75) is 62.8 Å². The highest BCUT2D eigenvalue weighted by atomic mass is 32.2. The summed E-state index contributed by atoms with van der Waals surface area (Å²) in [5.41, 5.74) is -0.427. The molecule has 0 aromatic heterocycles. The number of carbonyl (C=O) groups is 1. The second-order valence-electron chi connectivity index (χ2n) is 6.48. The Hall–Kier alpha value is -0.420. The van der Waals surface area contributed by atoms with Gasteiger partial charge in [-0.05, 0) is 52.2 Å².